The number of benzene rings is 1. The Hall–Kier alpha value is -1.35. The summed E-state index contributed by atoms with van der Waals surface area (Å²) in [5.74, 6) is 0. The maximum atomic E-state index is 5.58. The van der Waals surface area contributed by atoms with Crippen molar-refractivity contribution in [1.82, 2.24) is 0 Å². The molecule has 1 aromatic carbocycles. The lowest BCUT2D eigenvalue weighted by molar-refractivity contribution is 0.119. The van der Waals surface area contributed by atoms with Crippen LogP contribution in [0.3, 0.4) is 0 Å². The van der Waals surface area contributed by atoms with Crippen LogP contribution in [0, 0.1) is 5.41 Å². The van der Waals surface area contributed by atoms with Crippen LogP contribution in [0.4, 0.5) is 0 Å². The molecule has 1 aliphatic heterocycles. The van der Waals surface area contributed by atoms with E-state index in [-0.39, 0.29) is 11.5 Å². The van der Waals surface area contributed by atoms with Crippen LogP contribution >= 0.6 is 0 Å². The van der Waals surface area contributed by atoms with E-state index in [4.69, 9.17) is 4.84 Å². The number of rotatable bonds is 4. The van der Waals surface area contributed by atoms with Crippen molar-refractivity contribution in [3.05, 3.63) is 42.5 Å². The van der Waals surface area contributed by atoms with Crippen LogP contribution in [-0.2, 0) is 4.84 Å². The summed E-state index contributed by atoms with van der Waals surface area (Å²) in [5, 5.41) is 5.77. The SMILES string of the molecule is C[C@H](/C=C\[C@@H]1CC(C(C)(C)C)=NO1)[Si](C)(C)c1ccccc1. The lowest BCUT2D eigenvalue weighted by atomic mass is 9.87. The average molecular weight is 316 g/mol. The Morgan fingerprint density at radius 3 is 2.41 bits per heavy atom. The lowest BCUT2D eigenvalue weighted by Gasteiger charge is -2.28. The van der Waals surface area contributed by atoms with Gasteiger partial charge < -0.3 is 4.84 Å². The van der Waals surface area contributed by atoms with Crippen LogP contribution in [0.1, 0.15) is 34.1 Å². The summed E-state index contributed by atoms with van der Waals surface area (Å²) in [6.07, 6.45) is 5.58. The molecular weight excluding hydrogens is 286 g/mol. The molecule has 3 heteroatoms. The fourth-order valence-electron chi connectivity index (χ4n) is 2.60. The summed E-state index contributed by atoms with van der Waals surface area (Å²) in [5.41, 5.74) is 1.83. The van der Waals surface area contributed by atoms with E-state index in [1.807, 2.05) is 0 Å². The van der Waals surface area contributed by atoms with Crippen LogP contribution in [-0.4, -0.2) is 19.9 Å². The third-order valence-corrected chi connectivity index (χ3v) is 9.12. The first-order valence-electron chi connectivity index (χ1n) is 8.18. The standard InChI is InChI=1S/C19H29NOSi/c1-15(22(5,6)17-10-8-7-9-11-17)12-13-16-14-18(20-21-16)19(2,3)4/h7-13,15-16H,14H2,1-6H3/b13-12-/t15-,16-/m1/s1. The van der Waals surface area contributed by atoms with E-state index in [9.17, 15) is 0 Å². The zero-order valence-corrected chi connectivity index (χ0v) is 15.8. The number of oxime groups is 1. The van der Waals surface area contributed by atoms with Gasteiger partial charge >= 0.3 is 0 Å². The third kappa shape index (κ3) is 3.89. The maximum Gasteiger partial charge on any atom is 0.151 e. The molecule has 0 radical (unpaired) electrons. The monoisotopic (exact) mass is 315 g/mol. The molecule has 0 fully saturated rings. The van der Waals surface area contributed by atoms with E-state index in [2.05, 4.69) is 88.4 Å². The van der Waals surface area contributed by atoms with E-state index in [0.717, 1.165) is 12.1 Å². The van der Waals surface area contributed by atoms with E-state index in [0.29, 0.717) is 5.54 Å². The Bertz CT molecular complexity index is 555. The van der Waals surface area contributed by atoms with Crippen molar-refractivity contribution in [2.24, 2.45) is 10.6 Å². The Morgan fingerprint density at radius 1 is 1.23 bits per heavy atom. The summed E-state index contributed by atoms with van der Waals surface area (Å²) >= 11 is 0. The summed E-state index contributed by atoms with van der Waals surface area (Å²) < 4.78 is 0. The first kappa shape index (κ1) is 17.0. The molecule has 0 aromatic heterocycles. The number of hydrogen-bond acceptors (Lipinski definition) is 2. The van der Waals surface area contributed by atoms with E-state index in [1.165, 1.54) is 5.19 Å². The highest BCUT2D eigenvalue weighted by Crippen LogP contribution is 2.28. The fraction of sp³-hybridized carbons (Fsp3) is 0.526. The Balaban J connectivity index is 2.00. The topological polar surface area (TPSA) is 21.6 Å². The zero-order valence-electron chi connectivity index (χ0n) is 14.8. The molecule has 0 N–H and O–H groups in total. The highest BCUT2D eigenvalue weighted by molar-refractivity contribution is 6.91. The number of hydrogen-bond donors (Lipinski definition) is 0. The first-order valence-corrected chi connectivity index (χ1v) is 11.3. The molecule has 120 valence electrons. The molecular formula is C19H29NOSi. The van der Waals surface area contributed by atoms with Gasteiger partial charge in [-0.3, -0.25) is 0 Å². The molecule has 22 heavy (non-hydrogen) atoms. The van der Waals surface area contributed by atoms with Crippen LogP contribution < -0.4 is 5.19 Å². The minimum absolute atomic E-state index is 0.103. The Kier molecular flexibility index (Phi) is 4.96. The molecule has 0 saturated carbocycles. The minimum Gasteiger partial charge on any atom is -0.388 e. The van der Waals surface area contributed by atoms with Gasteiger partial charge in [0.05, 0.1) is 13.8 Å². The van der Waals surface area contributed by atoms with Crippen molar-refractivity contribution >= 4 is 19.0 Å². The molecule has 2 rings (SSSR count). The summed E-state index contributed by atoms with van der Waals surface area (Å²) in [6.45, 7) is 13.8. The van der Waals surface area contributed by atoms with Crippen LogP contribution in [0.2, 0.25) is 18.6 Å². The highest BCUT2D eigenvalue weighted by Gasteiger charge is 2.30. The first-order chi connectivity index (χ1) is 10.2. The van der Waals surface area contributed by atoms with Gasteiger partial charge in [-0.25, -0.2) is 0 Å². The molecule has 0 saturated heterocycles. The van der Waals surface area contributed by atoms with Gasteiger partial charge in [-0.2, -0.15) is 0 Å². The minimum atomic E-state index is -1.49. The van der Waals surface area contributed by atoms with Gasteiger partial charge in [0.15, 0.2) is 6.10 Å². The van der Waals surface area contributed by atoms with Gasteiger partial charge in [0.25, 0.3) is 0 Å². The molecule has 0 amide bonds. The molecule has 0 aliphatic carbocycles. The van der Waals surface area contributed by atoms with E-state index < -0.39 is 8.07 Å². The second-order valence-corrected chi connectivity index (χ2v) is 12.8. The van der Waals surface area contributed by atoms with Crippen molar-refractivity contribution in [1.29, 1.82) is 0 Å². The van der Waals surface area contributed by atoms with Crippen LogP contribution in [0.15, 0.2) is 47.6 Å². The summed E-state index contributed by atoms with van der Waals surface area (Å²) in [4.78, 5) is 5.58. The number of nitrogens with zero attached hydrogens (tertiary/aromatic N) is 1. The predicted octanol–water partition coefficient (Wildman–Crippen LogP) is 4.74. The van der Waals surface area contributed by atoms with Gasteiger partial charge in [-0.05, 0) is 11.6 Å². The largest absolute Gasteiger partial charge is 0.388 e. The molecule has 0 spiro atoms. The van der Waals surface area contributed by atoms with Crippen molar-refractivity contribution in [3.8, 4) is 0 Å². The normalized spacial score (nSPS) is 20.8. The van der Waals surface area contributed by atoms with E-state index in [1.54, 1.807) is 0 Å². The van der Waals surface area contributed by atoms with Crippen LogP contribution in [0.25, 0.3) is 0 Å². The highest BCUT2D eigenvalue weighted by atomic mass is 28.3. The molecule has 1 aliphatic rings. The molecule has 0 bridgehead atoms. The summed E-state index contributed by atoms with van der Waals surface area (Å²) in [6, 6.07) is 10.9. The van der Waals surface area contributed by atoms with Crippen molar-refractivity contribution in [2.45, 2.75) is 58.9 Å². The van der Waals surface area contributed by atoms with Crippen LogP contribution in [0.5, 0.6) is 0 Å². The molecule has 1 aromatic rings. The predicted molar refractivity (Wildman–Crippen MR) is 98.5 cm³/mol. The van der Waals surface area contributed by atoms with Crippen molar-refractivity contribution in [3.63, 3.8) is 0 Å². The lowest BCUT2D eigenvalue weighted by Crippen LogP contribution is -2.44. The van der Waals surface area contributed by atoms with Gasteiger partial charge in [0.1, 0.15) is 0 Å². The molecule has 1 heterocycles. The molecule has 0 unspecified atom stereocenters. The Morgan fingerprint density at radius 2 is 1.86 bits per heavy atom. The van der Waals surface area contributed by atoms with Gasteiger partial charge in [-0.1, -0.05) is 87.5 Å². The average Bonchev–Trinajstić information content (AvgIpc) is 2.94. The van der Waals surface area contributed by atoms with Crippen molar-refractivity contribution < 1.29 is 4.84 Å². The van der Waals surface area contributed by atoms with Gasteiger partial charge in [0, 0.05) is 11.8 Å². The second kappa shape index (κ2) is 6.41. The smallest absolute Gasteiger partial charge is 0.151 e. The van der Waals surface area contributed by atoms with E-state index >= 15 is 0 Å². The fourth-order valence-corrected chi connectivity index (χ4v) is 4.77. The van der Waals surface area contributed by atoms with Gasteiger partial charge in [-0.15, -0.1) is 0 Å². The van der Waals surface area contributed by atoms with Crippen molar-refractivity contribution in [2.75, 3.05) is 0 Å². The zero-order chi connectivity index (χ0) is 16.4. The Labute approximate surface area is 136 Å². The third-order valence-electron chi connectivity index (χ3n) is 4.83. The maximum absolute atomic E-state index is 5.58. The second-order valence-electron chi connectivity index (χ2n) is 7.90. The quantitative estimate of drug-likeness (QED) is 0.581. The molecule has 2 nitrogen and oxygen atoms in total. The van der Waals surface area contributed by atoms with Gasteiger partial charge in [0.2, 0.25) is 0 Å². The number of allylic oxidation sites excluding steroid dienone is 1. The molecule has 2 atom stereocenters. The summed E-state index contributed by atoms with van der Waals surface area (Å²) in [7, 11) is -1.49.